The van der Waals surface area contributed by atoms with Crippen LogP contribution < -0.4 is 14.8 Å². The maximum atomic E-state index is 12.7. The summed E-state index contributed by atoms with van der Waals surface area (Å²) in [6.45, 7) is 6.69. The number of carbonyl (C=O) groups is 1. The van der Waals surface area contributed by atoms with E-state index in [9.17, 15) is 4.79 Å². The van der Waals surface area contributed by atoms with Gasteiger partial charge in [0.1, 0.15) is 0 Å². The van der Waals surface area contributed by atoms with Gasteiger partial charge in [0, 0.05) is 44.5 Å². The lowest BCUT2D eigenvalue weighted by Gasteiger charge is -2.37. The standard InChI is InChI=1S/C20H27N3O3S/c1-15(20(24)21-17-4-5-18(25-2)19(12-17)26-3)23-9-7-22(8-10-23)13-16-6-11-27-14-16/h4-6,11-12,14-15H,7-10,13H2,1-3H3,(H,21,24)/t15-/m1/s1. The number of nitrogens with one attached hydrogen (secondary N) is 1. The first-order chi connectivity index (χ1) is 13.1. The molecule has 2 aromatic rings. The molecule has 1 aliphatic rings. The molecule has 1 amide bonds. The second-order valence-corrected chi connectivity index (χ2v) is 7.46. The molecule has 1 aromatic carbocycles. The first kappa shape index (κ1) is 19.7. The molecule has 6 nitrogen and oxygen atoms in total. The predicted molar refractivity (Wildman–Crippen MR) is 109 cm³/mol. The van der Waals surface area contributed by atoms with Crippen molar-refractivity contribution >= 4 is 22.9 Å². The van der Waals surface area contributed by atoms with E-state index in [0.29, 0.717) is 17.2 Å². The van der Waals surface area contributed by atoms with Crippen molar-refractivity contribution in [3.63, 3.8) is 0 Å². The Kier molecular flexibility index (Phi) is 6.71. The fourth-order valence-corrected chi connectivity index (χ4v) is 3.94. The second kappa shape index (κ2) is 9.21. The number of hydrogen-bond donors (Lipinski definition) is 1. The summed E-state index contributed by atoms with van der Waals surface area (Å²) in [5, 5.41) is 7.30. The van der Waals surface area contributed by atoms with Crippen LogP contribution in [-0.2, 0) is 11.3 Å². The molecule has 146 valence electrons. The molecule has 0 spiro atoms. The highest BCUT2D eigenvalue weighted by Crippen LogP contribution is 2.29. The molecule has 1 atom stereocenters. The first-order valence-electron chi connectivity index (χ1n) is 9.11. The van der Waals surface area contributed by atoms with Crippen LogP contribution in [0.15, 0.2) is 35.0 Å². The maximum Gasteiger partial charge on any atom is 0.241 e. The number of hydrogen-bond acceptors (Lipinski definition) is 6. The lowest BCUT2D eigenvalue weighted by atomic mass is 10.2. The van der Waals surface area contributed by atoms with Crippen LogP contribution in [0, 0.1) is 0 Å². The molecule has 0 unspecified atom stereocenters. The quantitative estimate of drug-likeness (QED) is 0.789. The minimum absolute atomic E-state index is 0.00601. The molecule has 1 aliphatic heterocycles. The van der Waals surface area contributed by atoms with Gasteiger partial charge >= 0.3 is 0 Å². The minimum Gasteiger partial charge on any atom is -0.493 e. The molecular weight excluding hydrogens is 362 g/mol. The number of methoxy groups -OCH3 is 2. The second-order valence-electron chi connectivity index (χ2n) is 6.68. The van der Waals surface area contributed by atoms with E-state index in [-0.39, 0.29) is 11.9 Å². The van der Waals surface area contributed by atoms with Gasteiger partial charge in [0.15, 0.2) is 11.5 Å². The Labute approximate surface area is 164 Å². The van der Waals surface area contributed by atoms with E-state index in [2.05, 4.69) is 31.9 Å². The summed E-state index contributed by atoms with van der Waals surface area (Å²) in [7, 11) is 3.18. The molecule has 1 aromatic heterocycles. The molecule has 0 radical (unpaired) electrons. The number of rotatable bonds is 7. The van der Waals surface area contributed by atoms with E-state index in [1.54, 1.807) is 37.7 Å². The third kappa shape index (κ3) is 5.00. The third-order valence-electron chi connectivity index (χ3n) is 4.97. The zero-order chi connectivity index (χ0) is 19.2. The zero-order valence-electron chi connectivity index (χ0n) is 16.1. The molecule has 2 heterocycles. The monoisotopic (exact) mass is 389 g/mol. The number of thiophene rings is 1. The lowest BCUT2D eigenvalue weighted by molar-refractivity contribution is -0.121. The Morgan fingerprint density at radius 3 is 2.52 bits per heavy atom. The number of anilines is 1. The van der Waals surface area contributed by atoms with Gasteiger partial charge in [-0.1, -0.05) is 0 Å². The summed E-state index contributed by atoms with van der Waals surface area (Å²) in [6, 6.07) is 7.40. The summed E-state index contributed by atoms with van der Waals surface area (Å²) in [5.41, 5.74) is 2.08. The van der Waals surface area contributed by atoms with Crippen LogP contribution in [0.5, 0.6) is 11.5 Å². The molecule has 3 rings (SSSR count). The van der Waals surface area contributed by atoms with E-state index in [1.165, 1.54) is 5.56 Å². The highest BCUT2D eigenvalue weighted by Gasteiger charge is 2.25. The van der Waals surface area contributed by atoms with Crippen molar-refractivity contribution in [2.45, 2.75) is 19.5 Å². The van der Waals surface area contributed by atoms with Gasteiger partial charge in [-0.25, -0.2) is 0 Å². The number of benzene rings is 1. The highest BCUT2D eigenvalue weighted by molar-refractivity contribution is 7.07. The van der Waals surface area contributed by atoms with Gasteiger partial charge in [0.25, 0.3) is 0 Å². The number of nitrogens with zero attached hydrogens (tertiary/aromatic N) is 2. The first-order valence-corrected chi connectivity index (χ1v) is 10.1. The van der Waals surface area contributed by atoms with E-state index in [0.717, 1.165) is 32.7 Å². The van der Waals surface area contributed by atoms with Gasteiger partial charge in [0.2, 0.25) is 5.91 Å². The van der Waals surface area contributed by atoms with Gasteiger partial charge in [-0.2, -0.15) is 11.3 Å². The van der Waals surface area contributed by atoms with E-state index in [4.69, 9.17) is 9.47 Å². The number of piperazine rings is 1. The van der Waals surface area contributed by atoms with Crippen molar-refractivity contribution in [1.82, 2.24) is 9.80 Å². The van der Waals surface area contributed by atoms with Crippen LogP contribution in [-0.4, -0.2) is 62.1 Å². The van der Waals surface area contributed by atoms with Gasteiger partial charge in [-0.15, -0.1) is 0 Å². The number of carbonyl (C=O) groups excluding carboxylic acids is 1. The maximum absolute atomic E-state index is 12.7. The summed E-state index contributed by atoms with van der Waals surface area (Å²) in [4.78, 5) is 17.3. The fourth-order valence-electron chi connectivity index (χ4n) is 3.28. The van der Waals surface area contributed by atoms with Gasteiger partial charge in [-0.3, -0.25) is 14.6 Å². The molecule has 7 heteroatoms. The Balaban J connectivity index is 1.52. The Morgan fingerprint density at radius 1 is 1.15 bits per heavy atom. The molecule has 0 bridgehead atoms. The Morgan fingerprint density at radius 2 is 1.89 bits per heavy atom. The highest BCUT2D eigenvalue weighted by atomic mass is 32.1. The largest absolute Gasteiger partial charge is 0.493 e. The van der Waals surface area contributed by atoms with Crippen LogP contribution in [0.2, 0.25) is 0 Å². The fraction of sp³-hybridized carbons (Fsp3) is 0.450. The van der Waals surface area contributed by atoms with Crippen molar-refractivity contribution in [2.24, 2.45) is 0 Å². The zero-order valence-corrected chi connectivity index (χ0v) is 16.9. The van der Waals surface area contributed by atoms with Crippen LogP contribution >= 0.6 is 11.3 Å². The van der Waals surface area contributed by atoms with Crippen molar-refractivity contribution in [2.75, 3.05) is 45.7 Å². The molecule has 0 aliphatic carbocycles. The van der Waals surface area contributed by atoms with Crippen molar-refractivity contribution in [3.8, 4) is 11.5 Å². The summed E-state index contributed by atoms with van der Waals surface area (Å²) >= 11 is 1.74. The van der Waals surface area contributed by atoms with E-state index >= 15 is 0 Å². The Bertz CT molecular complexity index is 743. The van der Waals surface area contributed by atoms with Crippen molar-refractivity contribution in [1.29, 1.82) is 0 Å². The van der Waals surface area contributed by atoms with Crippen LogP contribution in [0.1, 0.15) is 12.5 Å². The average Bonchev–Trinajstić information content (AvgIpc) is 3.21. The summed E-state index contributed by atoms with van der Waals surface area (Å²) in [6.07, 6.45) is 0. The minimum atomic E-state index is -0.179. The topological polar surface area (TPSA) is 54.0 Å². The van der Waals surface area contributed by atoms with Crippen molar-refractivity contribution in [3.05, 3.63) is 40.6 Å². The number of ether oxygens (including phenoxy) is 2. The SMILES string of the molecule is COc1ccc(NC(=O)[C@@H](C)N2CCN(Cc3ccsc3)CC2)cc1OC. The van der Waals surface area contributed by atoms with Gasteiger partial charge in [-0.05, 0) is 41.4 Å². The predicted octanol–water partition coefficient (Wildman–Crippen LogP) is 2.91. The van der Waals surface area contributed by atoms with Crippen LogP contribution in [0.25, 0.3) is 0 Å². The lowest BCUT2D eigenvalue weighted by Crippen LogP contribution is -2.52. The summed E-state index contributed by atoms with van der Waals surface area (Å²) in [5.74, 6) is 1.24. The van der Waals surface area contributed by atoms with Gasteiger partial charge < -0.3 is 14.8 Å². The molecule has 27 heavy (non-hydrogen) atoms. The molecule has 0 saturated carbocycles. The molecule has 1 N–H and O–H groups in total. The third-order valence-corrected chi connectivity index (χ3v) is 5.70. The average molecular weight is 390 g/mol. The van der Waals surface area contributed by atoms with Crippen LogP contribution in [0.3, 0.4) is 0 Å². The molecular formula is C20H27N3O3S. The Hall–Kier alpha value is -2.09. The molecule has 1 fully saturated rings. The number of amides is 1. The summed E-state index contributed by atoms with van der Waals surface area (Å²) < 4.78 is 10.5. The van der Waals surface area contributed by atoms with Crippen LogP contribution in [0.4, 0.5) is 5.69 Å². The van der Waals surface area contributed by atoms with Gasteiger partial charge in [0.05, 0.1) is 20.3 Å². The normalized spacial score (nSPS) is 16.7. The molecule has 1 saturated heterocycles. The van der Waals surface area contributed by atoms with E-state index < -0.39 is 0 Å². The van der Waals surface area contributed by atoms with Crippen molar-refractivity contribution < 1.29 is 14.3 Å². The smallest absolute Gasteiger partial charge is 0.241 e. The van der Waals surface area contributed by atoms with E-state index in [1.807, 2.05) is 13.0 Å².